The molecule has 4 aromatic rings. The maximum atomic E-state index is 5.70. The van der Waals surface area contributed by atoms with E-state index < -0.39 is 16.1 Å². The molecule has 0 aliphatic rings. The molecule has 0 unspecified atom stereocenters. The quantitative estimate of drug-likeness (QED) is 0.0632. The molecule has 0 bridgehead atoms. The van der Waals surface area contributed by atoms with Gasteiger partial charge in [0.05, 0.1) is 66.1 Å². The predicted molar refractivity (Wildman–Crippen MR) is 254 cm³/mol. The number of benzene rings is 4. The van der Waals surface area contributed by atoms with Gasteiger partial charge in [-0.3, -0.25) is 0 Å². The highest BCUT2D eigenvalue weighted by atomic mass is 28.3. The number of ether oxygens (including phenoxy) is 6. The average molecular weight is 851 g/mol. The van der Waals surface area contributed by atoms with Crippen LogP contribution in [0, 0.1) is 22.9 Å². The van der Waals surface area contributed by atoms with Crippen LogP contribution in [0.4, 0.5) is 0 Å². The van der Waals surface area contributed by atoms with E-state index in [0.717, 1.165) is 0 Å². The number of nitrogens with two attached hydrogens (primary N) is 2. The van der Waals surface area contributed by atoms with Crippen molar-refractivity contribution in [2.75, 3.05) is 92.4 Å². The summed E-state index contributed by atoms with van der Waals surface area (Å²) in [6, 6.07) is 42.9. The molecular formula is C50H70N2O6Si2. The SMILES string of the molecule is CC(C)(C)[Si](C#CCOCCOCCOCCN)(c1ccccc1)c1ccccc1.CC(C)(C)[Si](C#CCOCCOCCOCCN)(c1ccccc1)c1ccccc1. The van der Waals surface area contributed by atoms with Crippen molar-refractivity contribution in [2.24, 2.45) is 11.5 Å². The largest absolute Gasteiger partial charge is 0.378 e. The van der Waals surface area contributed by atoms with Crippen LogP contribution in [0.2, 0.25) is 10.1 Å². The molecule has 4 aromatic carbocycles. The molecule has 0 atom stereocenters. The second kappa shape index (κ2) is 27.9. The smallest absolute Gasteiger partial charge is 0.204 e. The molecule has 4 rings (SSSR count). The Hall–Kier alpha value is -3.89. The third-order valence-corrected chi connectivity index (χ3v) is 20.4. The summed E-state index contributed by atoms with van der Waals surface area (Å²) < 4.78 is 32.9. The maximum absolute atomic E-state index is 5.70. The van der Waals surface area contributed by atoms with Crippen LogP contribution in [-0.4, -0.2) is 109 Å². The third-order valence-electron chi connectivity index (χ3n) is 9.99. The van der Waals surface area contributed by atoms with E-state index >= 15 is 0 Å². The number of hydrogen-bond donors (Lipinski definition) is 2. The van der Waals surface area contributed by atoms with Gasteiger partial charge in [0, 0.05) is 13.1 Å². The summed E-state index contributed by atoms with van der Waals surface area (Å²) in [5.41, 5.74) is 18.2. The van der Waals surface area contributed by atoms with Crippen LogP contribution >= 0.6 is 0 Å². The van der Waals surface area contributed by atoms with Crippen molar-refractivity contribution in [3.8, 4) is 22.9 Å². The highest BCUT2D eigenvalue weighted by Gasteiger charge is 2.48. The molecule has 0 heterocycles. The van der Waals surface area contributed by atoms with Gasteiger partial charge in [0.15, 0.2) is 0 Å². The van der Waals surface area contributed by atoms with Gasteiger partial charge in [-0.25, -0.2) is 0 Å². The minimum Gasteiger partial charge on any atom is -0.378 e. The third kappa shape index (κ3) is 15.9. The summed E-state index contributed by atoms with van der Waals surface area (Å²) >= 11 is 0. The van der Waals surface area contributed by atoms with Gasteiger partial charge in [-0.15, -0.1) is 11.1 Å². The van der Waals surface area contributed by atoms with Crippen molar-refractivity contribution in [1.29, 1.82) is 0 Å². The number of hydrogen-bond acceptors (Lipinski definition) is 8. The van der Waals surface area contributed by atoms with E-state index in [-0.39, 0.29) is 10.1 Å². The molecule has 0 amide bonds. The van der Waals surface area contributed by atoms with Gasteiger partial charge in [0.2, 0.25) is 16.1 Å². The first-order valence-electron chi connectivity index (χ1n) is 21.1. The molecule has 324 valence electrons. The first kappa shape index (κ1) is 50.5. The Morgan fingerprint density at radius 2 is 0.600 bits per heavy atom. The monoisotopic (exact) mass is 850 g/mol. The number of rotatable bonds is 22. The predicted octanol–water partition coefficient (Wildman–Crippen LogP) is 5.20. The van der Waals surface area contributed by atoms with Gasteiger partial charge in [-0.1, -0.05) is 175 Å². The molecule has 0 aromatic heterocycles. The van der Waals surface area contributed by atoms with Crippen LogP contribution in [0.5, 0.6) is 0 Å². The van der Waals surface area contributed by atoms with Crippen LogP contribution in [0.25, 0.3) is 0 Å². The fourth-order valence-corrected chi connectivity index (χ4v) is 16.0. The van der Waals surface area contributed by atoms with E-state index in [0.29, 0.717) is 92.4 Å². The Bertz CT molecular complexity index is 1620. The normalized spacial score (nSPS) is 11.7. The van der Waals surface area contributed by atoms with E-state index in [2.05, 4.69) is 186 Å². The molecule has 0 spiro atoms. The molecule has 10 heteroatoms. The van der Waals surface area contributed by atoms with Crippen LogP contribution < -0.4 is 32.2 Å². The molecule has 0 saturated carbocycles. The van der Waals surface area contributed by atoms with Crippen molar-refractivity contribution >= 4 is 36.9 Å². The highest BCUT2D eigenvalue weighted by Crippen LogP contribution is 2.36. The standard InChI is InChI=1S/2C25H35NO3Si/c2*1-25(2,3)30(23-11-6-4-7-12-23,24-13-8-5-9-14-24)22-10-16-27-18-20-29-21-19-28-17-15-26/h2*4-9,11-14H,15-21,26H2,1-3H3. The Labute approximate surface area is 363 Å². The van der Waals surface area contributed by atoms with E-state index in [1.54, 1.807) is 0 Å². The van der Waals surface area contributed by atoms with Crippen LogP contribution in [0.1, 0.15) is 41.5 Å². The molecule has 60 heavy (non-hydrogen) atoms. The van der Waals surface area contributed by atoms with Crippen molar-refractivity contribution in [3.63, 3.8) is 0 Å². The summed E-state index contributed by atoms with van der Waals surface area (Å²) in [5, 5.41) is 5.37. The second-order valence-corrected chi connectivity index (χ2v) is 25.0. The lowest BCUT2D eigenvalue weighted by Crippen LogP contribution is -2.63. The summed E-state index contributed by atoms with van der Waals surface area (Å²) in [7, 11) is -4.68. The minimum absolute atomic E-state index is 0.0232. The van der Waals surface area contributed by atoms with Gasteiger partial charge in [0.25, 0.3) is 0 Å². The maximum Gasteiger partial charge on any atom is 0.204 e. The van der Waals surface area contributed by atoms with Crippen molar-refractivity contribution < 1.29 is 28.4 Å². The zero-order valence-electron chi connectivity index (χ0n) is 37.1. The molecule has 8 nitrogen and oxygen atoms in total. The summed E-state index contributed by atoms with van der Waals surface area (Å²) in [6.45, 7) is 21.1. The first-order chi connectivity index (χ1) is 29.0. The minimum atomic E-state index is -2.34. The van der Waals surface area contributed by atoms with Crippen molar-refractivity contribution in [1.82, 2.24) is 0 Å². The molecule has 4 N–H and O–H groups in total. The van der Waals surface area contributed by atoms with E-state index in [9.17, 15) is 0 Å². The summed E-state index contributed by atoms with van der Waals surface area (Å²) in [4.78, 5) is 0. The summed E-state index contributed by atoms with van der Waals surface area (Å²) in [6.07, 6.45) is 0. The Morgan fingerprint density at radius 3 is 0.833 bits per heavy atom. The van der Waals surface area contributed by atoms with Gasteiger partial charge in [-0.2, -0.15) is 0 Å². The van der Waals surface area contributed by atoms with Crippen LogP contribution in [0.15, 0.2) is 121 Å². The zero-order valence-corrected chi connectivity index (χ0v) is 39.1. The van der Waals surface area contributed by atoms with Crippen LogP contribution in [-0.2, 0) is 28.4 Å². The molecule has 0 aliphatic carbocycles. The second-order valence-electron chi connectivity index (χ2n) is 16.2. The van der Waals surface area contributed by atoms with E-state index in [4.69, 9.17) is 39.9 Å². The fourth-order valence-electron chi connectivity index (χ4n) is 7.11. The summed E-state index contributed by atoms with van der Waals surface area (Å²) in [5.74, 6) is 6.69. The first-order valence-corrected chi connectivity index (χ1v) is 25.1. The molecular weight excluding hydrogens is 781 g/mol. The molecule has 0 radical (unpaired) electrons. The van der Waals surface area contributed by atoms with Gasteiger partial charge in [-0.05, 0) is 30.8 Å². The topological polar surface area (TPSA) is 107 Å². The lowest BCUT2D eigenvalue weighted by atomic mass is 10.2. The van der Waals surface area contributed by atoms with Gasteiger partial charge >= 0.3 is 0 Å². The van der Waals surface area contributed by atoms with E-state index in [1.807, 2.05) is 0 Å². The molecule has 0 aliphatic heterocycles. The molecule has 0 fully saturated rings. The van der Waals surface area contributed by atoms with E-state index in [1.165, 1.54) is 20.7 Å². The lowest BCUT2D eigenvalue weighted by molar-refractivity contribution is 0.0219. The highest BCUT2D eigenvalue weighted by molar-refractivity contribution is 7.10. The van der Waals surface area contributed by atoms with Crippen molar-refractivity contribution in [2.45, 2.75) is 51.6 Å². The average Bonchev–Trinajstić information content (AvgIpc) is 3.25. The van der Waals surface area contributed by atoms with Gasteiger partial charge in [0.1, 0.15) is 13.2 Å². The Kier molecular flexibility index (Phi) is 23.4. The molecule has 0 saturated heterocycles. The zero-order chi connectivity index (χ0) is 43.4. The van der Waals surface area contributed by atoms with Gasteiger partial charge < -0.3 is 39.9 Å². The Morgan fingerprint density at radius 1 is 0.367 bits per heavy atom. The Balaban J connectivity index is 0.000000320. The van der Waals surface area contributed by atoms with Crippen molar-refractivity contribution in [3.05, 3.63) is 121 Å². The fraction of sp³-hybridized carbons (Fsp3) is 0.440. The van der Waals surface area contributed by atoms with Crippen LogP contribution in [0.3, 0.4) is 0 Å². The lowest BCUT2D eigenvalue weighted by Gasteiger charge is -2.39.